The van der Waals surface area contributed by atoms with E-state index in [2.05, 4.69) is 15.1 Å². The zero-order valence-electron chi connectivity index (χ0n) is 20.6. The van der Waals surface area contributed by atoms with Gasteiger partial charge in [0.05, 0.1) is 19.3 Å². The Hall–Kier alpha value is -3.40. The van der Waals surface area contributed by atoms with Crippen molar-refractivity contribution in [1.29, 1.82) is 0 Å². The van der Waals surface area contributed by atoms with Gasteiger partial charge in [-0.3, -0.25) is 9.59 Å². The average molecular weight is 483 g/mol. The molecule has 2 amide bonds. The van der Waals surface area contributed by atoms with Crippen LogP contribution in [0.3, 0.4) is 0 Å². The Morgan fingerprint density at radius 2 is 1.94 bits per heavy atom. The number of aryl methyl sites for hydroxylation is 2. The third-order valence-electron chi connectivity index (χ3n) is 6.42. The van der Waals surface area contributed by atoms with Crippen molar-refractivity contribution in [3.05, 3.63) is 58.9 Å². The Bertz CT molecular complexity index is 1210. The van der Waals surface area contributed by atoms with Crippen LogP contribution in [0.1, 0.15) is 42.8 Å². The van der Waals surface area contributed by atoms with Gasteiger partial charge in [0.25, 0.3) is 5.78 Å². The molecule has 0 bridgehead atoms. The minimum absolute atomic E-state index is 0.0137. The first-order chi connectivity index (χ1) is 16.7. The normalized spacial score (nSPS) is 16.9. The SMILES string of the molecule is Cc1nc2ncnn2c(C)c1CCC(=O)N1CC(=O)N(C(C)C)C[C@@H](OCc2ccc(F)cc2)C1. The van der Waals surface area contributed by atoms with Gasteiger partial charge in [0.2, 0.25) is 11.8 Å². The van der Waals surface area contributed by atoms with Gasteiger partial charge < -0.3 is 14.5 Å². The van der Waals surface area contributed by atoms with Crippen LogP contribution in [0.15, 0.2) is 30.6 Å². The lowest BCUT2D eigenvalue weighted by Crippen LogP contribution is -2.42. The summed E-state index contributed by atoms with van der Waals surface area (Å²) in [7, 11) is 0. The van der Waals surface area contributed by atoms with Gasteiger partial charge in [-0.25, -0.2) is 13.9 Å². The molecule has 1 saturated heterocycles. The number of halogens is 1. The Kier molecular flexibility index (Phi) is 7.39. The molecule has 1 aliphatic heterocycles. The van der Waals surface area contributed by atoms with E-state index in [1.807, 2.05) is 27.7 Å². The van der Waals surface area contributed by atoms with Gasteiger partial charge >= 0.3 is 0 Å². The molecule has 0 spiro atoms. The fraction of sp³-hybridized carbons (Fsp3) is 0.480. The minimum atomic E-state index is -0.352. The maximum Gasteiger partial charge on any atom is 0.252 e. The fourth-order valence-electron chi connectivity index (χ4n) is 4.44. The van der Waals surface area contributed by atoms with Crippen LogP contribution in [-0.4, -0.2) is 73.0 Å². The van der Waals surface area contributed by atoms with Crippen LogP contribution in [0.25, 0.3) is 5.78 Å². The number of aromatic nitrogens is 4. The molecule has 0 unspecified atom stereocenters. The van der Waals surface area contributed by atoms with Gasteiger partial charge in [0.15, 0.2) is 0 Å². The molecule has 9 nitrogen and oxygen atoms in total. The van der Waals surface area contributed by atoms with Gasteiger partial charge in [0, 0.05) is 36.9 Å². The average Bonchev–Trinajstić information content (AvgIpc) is 3.21. The number of amides is 2. The molecule has 0 radical (unpaired) electrons. The summed E-state index contributed by atoms with van der Waals surface area (Å²) >= 11 is 0. The predicted molar refractivity (Wildman–Crippen MR) is 127 cm³/mol. The third-order valence-corrected chi connectivity index (χ3v) is 6.42. The second kappa shape index (κ2) is 10.5. The molecule has 4 rings (SSSR count). The van der Waals surface area contributed by atoms with E-state index in [4.69, 9.17) is 4.74 Å². The molecule has 1 atom stereocenters. The number of hydrogen-bond acceptors (Lipinski definition) is 6. The number of hydrogen-bond donors (Lipinski definition) is 0. The lowest BCUT2D eigenvalue weighted by molar-refractivity contribution is -0.139. The van der Waals surface area contributed by atoms with E-state index >= 15 is 0 Å². The highest BCUT2D eigenvalue weighted by atomic mass is 19.1. The first kappa shape index (κ1) is 24.7. The van der Waals surface area contributed by atoms with Gasteiger partial charge in [-0.2, -0.15) is 10.1 Å². The van der Waals surface area contributed by atoms with Crippen molar-refractivity contribution in [2.75, 3.05) is 19.6 Å². The van der Waals surface area contributed by atoms with Gasteiger partial charge in [-0.15, -0.1) is 0 Å². The molecule has 3 aromatic rings. The molecule has 1 aromatic carbocycles. The molecule has 186 valence electrons. The summed E-state index contributed by atoms with van der Waals surface area (Å²) in [5.41, 5.74) is 3.49. The Morgan fingerprint density at radius 3 is 2.66 bits per heavy atom. The van der Waals surface area contributed by atoms with Crippen LogP contribution < -0.4 is 0 Å². The molecule has 3 heterocycles. The second-order valence-electron chi connectivity index (χ2n) is 9.21. The van der Waals surface area contributed by atoms with Crippen LogP contribution in [-0.2, 0) is 27.4 Å². The van der Waals surface area contributed by atoms with Crippen molar-refractivity contribution in [3.8, 4) is 0 Å². The topological polar surface area (TPSA) is 92.9 Å². The van der Waals surface area contributed by atoms with Gasteiger partial charge in [-0.1, -0.05) is 12.1 Å². The van der Waals surface area contributed by atoms with Crippen LogP contribution >= 0.6 is 0 Å². The third kappa shape index (κ3) is 5.64. The molecule has 10 heteroatoms. The molecule has 35 heavy (non-hydrogen) atoms. The first-order valence-electron chi connectivity index (χ1n) is 11.8. The molecule has 0 aliphatic carbocycles. The molecular formula is C25H31FN6O3. The van der Waals surface area contributed by atoms with Crippen molar-refractivity contribution < 1.29 is 18.7 Å². The Balaban J connectivity index is 1.46. The van der Waals surface area contributed by atoms with E-state index in [-0.39, 0.29) is 49.3 Å². The fourth-order valence-corrected chi connectivity index (χ4v) is 4.44. The van der Waals surface area contributed by atoms with E-state index in [0.717, 1.165) is 22.5 Å². The van der Waals surface area contributed by atoms with Crippen molar-refractivity contribution in [2.45, 2.75) is 59.3 Å². The smallest absolute Gasteiger partial charge is 0.252 e. The van der Waals surface area contributed by atoms with E-state index < -0.39 is 0 Å². The number of benzene rings is 1. The highest BCUT2D eigenvalue weighted by molar-refractivity contribution is 5.85. The summed E-state index contributed by atoms with van der Waals surface area (Å²) < 4.78 is 21.0. The predicted octanol–water partition coefficient (Wildman–Crippen LogP) is 2.48. The monoisotopic (exact) mass is 482 g/mol. The highest BCUT2D eigenvalue weighted by Crippen LogP contribution is 2.18. The summed E-state index contributed by atoms with van der Waals surface area (Å²) in [6.45, 7) is 8.74. The van der Waals surface area contributed by atoms with Crippen molar-refractivity contribution >= 4 is 17.6 Å². The van der Waals surface area contributed by atoms with E-state index in [0.29, 0.717) is 25.3 Å². The number of carbonyl (C=O) groups excluding carboxylic acids is 2. The summed E-state index contributed by atoms with van der Waals surface area (Å²) in [5.74, 6) is 0.0134. The number of carbonyl (C=O) groups is 2. The maximum absolute atomic E-state index is 13.2. The van der Waals surface area contributed by atoms with E-state index in [9.17, 15) is 14.0 Å². The zero-order chi connectivity index (χ0) is 25.1. The standard InChI is InChI=1S/C25H31FN6O3/c1-16(2)31-12-21(35-14-19-5-7-20(26)8-6-19)11-30(13-24(31)34)23(33)10-9-22-17(3)29-25-27-15-28-32(25)18(22)4/h5-8,15-16,21H,9-14H2,1-4H3/t21-/m0/s1. The second-order valence-corrected chi connectivity index (χ2v) is 9.21. The molecule has 2 aromatic heterocycles. The van der Waals surface area contributed by atoms with E-state index in [1.54, 1.807) is 26.4 Å². The maximum atomic E-state index is 13.2. The quantitative estimate of drug-likeness (QED) is 0.514. The highest BCUT2D eigenvalue weighted by Gasteiger charge is 2.32. The summed E-state index contributed by atoms with van der Waals surface area (Å²) in [6.07, 6.45) is 1.83. The summed E-state index contributed by atoms with van der Waals surface area (Å²) in [6, 6.07) is 6.11. The number of nitrogens with zero attached hydrogens (tertiary/aromatic N) is 6. The van der Waals surface area contributed by atoms with Gasteiger partial charge in [-0.05, 0) is 57.4 Å². The van der Waals surface area contributed by atoms with Gasteiger partial charge in [0.1, 0.15) is 12.1 Å². The van der Waals surface area contributed by atoms with Crippen LogP contribution in [0.5, 0.6) is 0 Å². The number of rotatable bonds is 7. The molecule has 0 N–H and O–H groups in total. The van der Waals surface area contributed by atoms with Crippen molar-refractivity contribution in [2.24, 2.45) is 0 Å². The molecule has 0 saturated carbocycles. The largest absolute Gasteiger partial charge is 0.370 e. The van der Waals surface area contributed by atoms with Crippen molar-refractivity contribution in [1.82, 2.24) is 29.4 Å². The Labute approximate surface area is 203 Å². The molecule has 1 fully saturated rings. The molecular weight excluding hydrogens is 451 g/mol. The number of fused-ring (bicyclic) bond motifs is 1. The van der Waals surface area contributed by atoms with Crippen LogP contribution in [0, 0.1) is 19.7 Å². The lowest BCUT2D eigenvalue weighted by Gasteiger charge is -2.27. The minimum Gasteiger partial charge on any atom is -0.370 e. The van der Waals surface area contributed by atoms with Crippen LogP contribution in [0.4, 0.5) is 4.39 Å². The Morgan fingerprint density at radius 1 is 1.20 bits per heavy atom. The first-order valence-corrected chi connectivity index (χ1v) is 11.8. The molecule has 1 aliphatic rings. The van der Waals surface area contributed by atoms with Crippen molar-refractivity contribution in [3.63, 3.8) is 0 Å². The summed E-state index contributed by atoms with van der Waals surface area (Å²) in [5, 5.41) is 4.20. The summed E-state index contributed by atoms with van der Waals surface area (Å²) in [4.78, 5) is 38.1. The number of ether oxygens (including phenoxy) is 1. The van der Waals surface area contributed by atoms with E-state index in [1.165, 1.54) is 18.5 Å². The van der Waals surface area contributed by atoms with Crippen LogP contribution in [0.2, 0.25) is 0 Å². The zero-order valence-corrected chi connectivity index (χ0v) is 20.6. The lowest BCUT2D eigenvalue weighted by atomic mass is 10.1.